The van der Waals surface area contributed by atoms with Crippen molar-refractivity contribution in [3.8, 4) is 0 Å². The van der Waals surface area contributed by atoms with Gasteiger partial charge in [0.1, 0.15) is 5.15 Å². The maximum absolute atomic E-state index is 6.26. The zero-order valence-corrected chi connectivity index (χ0v) is 13.1. The van der Waals surface area contributed by atoms with E-state index in [-0.39, 0.29) is 0 Å². The second-order valence-electron chi connectivity index (χ2n) is 5.09. The number of hydrogen-bond acceptors (Lipinski definition) is 4. The van der Waals surface area contributed by atoms with Crippen LogP contribution >= 0.6 is 27.5 Å². The summed E-state index contributed by atoms with van der Waals surface area (Å²) in [6.45, 7) is 3.13. The molecule has 6 heteroatoms. The van der Waals surface area contributed by atoms with E-state index in [0.717, 1.165) is 42.4 Å². The van der Waals surface area contributed by atoms with Gasteiger partial charge >= 0.3 is 0 Å². The molecule has 0 unspecified atom stereocenters. The molecule has 1 saturated carbocycles. The maximum atomic E-state index is 6.26. The topological polar surface area (TPSA) is 38.2 Å². The Kier molecular flexibility index (Phi) is 4.24. The molecule has 0 atom stereocenters. The summed E-state index contributed by atoms with van der Waals surface area (Å²) in [5.74, 6) is 1.27. The molecule has 2 heterocycles. The molecule has 2 aliphatic rings. The first-order valence-corrected chi connectivity index (χ1v) is 7.98. The van der Waals surface area contributed by atoms with Crippen LogP contribution in [0.15, 0.2) is 4.47 Å². The quantitative estimate of drug-likeness (QED) is 0.769. The minimum atomic E-state index is 0.523. The Morgan fingerprint density at radius 3 is 2.53 bits per heavy atom. The third kappa shape index (κ3) is 2.88. The average molecular weight is 347 g/mol. The summed E-state index contributed by atoms with van der Waals surface area (Å²) in [5, 5.41) is 0.526. The molecule has 1 aliphatic carbocycles. The molecule has 1 aliphatic heterocycles. The third-order valence-electron chi connectivity index (χ3n) is 3.86. The van der Waals surface area contributed by atoms with Crippen molar-refractivity contribution in [2.45, 2.75) is 31.6 Å². The van der Waals surface area contributed by atoms with E-state index in [0.29, 0.717) is 11.1 Å². The molecule has 1 aromatic heterocycles. The SMILES string of the molecule is Clc1nc(N2CCOCC2)nc(C2CCCC2)c1Br. The molecule has 3 rings (SSSR count). The molecule has 104 valence electrons. The first kappa shape index (κ1) is 13.6. The highest BCUT2D eigenvalue weighted by Gasteiger charge is 2.25. The van der Waals surface area contributed by atoms with Crippen LogP contribution < -0.4 is 4.90 Å². The molecule has 0 spiro atoms. The van der Waals surface area contributed by atoms with Gasteiger partial charge in [-0.05, 0) is 28.8 Å². The first-order valence-electron chi connectivity index (χ1n) is 6.81. The van der Waals surface area contributed by atoms with Gasteiger partial charge in [-0.2, -0.15) is 4.98 Å². The summed E-state index contributed by atoms with van der Waals surface area (Å²) in [7, 11) is 0. The molecule has 0 radical (unpaired) electrons. The molecular formula is C13H17BrClN3O. The zero-order valence-electron chi connectivity index (χ0n) is 10.7. The fourth-order valence-corrected chi connectivity index (χ4v) is 3.47. The van der Waals surface area contributed by atoms with Crippen LogP contribution in [0, 0.1) is 0 Å². The fraction of sp³-hybridized carbons (Fsp3) is 0.692. The van der Waals surface area contributed by atoms with Crippen LogP contribution in [0.2, 0.25) is 5.15 Å². The molecule has 2 fully saturated rings. The van der Waals surface area contributed by atoms with Crippen LogP contribution in [0.3, 0.4) is 0 Å². The smallest absolute Gasteiger partial charge is 0.227 e. The monoisotopic (exact) mass is 345 g/mol. The van der Waals surface area contributed by atoms with E-state index in [1.54, 1.807) is 0 Å². The highest BCUT2D eigenvalue weighted by Crippen LogP contribution is 2.39. The minimum Gasteiger partial charge on any atom is -0.378 e. The van der Waals surface area contributed by atoms with E-state index in [1.807, 2.05) is 0 Å². The predicted molar refractivity (Wildman–Crippen MR) is 79.0 cm³/mol. The van der Waals surface area contributed by atoms with Gasteiger partial charge in [0.25, 0.3) is 0 Å². The highest BCUT2D eigenvalue weighted by molar-refractivity contribution is 9.10. The Morgan fingerprint density at radius 1 is 1.16 bits per heavy atom. The van der Waals surface area contributed by atoms with Gasteiger partial charge in [0.2, 0.25) is 5.95 Å². The van der Waals surface area contributed by atoms with Crippen molar-refractivity contribution in [2.75, 3.05) is 31.2 Å². The number of anilines is 1. The summed E-state index contributed by atoms with van der Waals surface area (Å²) < 4.78 is 6.24. The van der Waals surface area contributed by atoms with Crippen molar-refractivity contribution in [3.63, 3.8) is 0 Å². The Morgan fingerprint density at radius 2 is 1.84 bits per heavy atom. The summed E-state index contributed by atoms with van der Waals surface area (Å²) >= 11 is 9.81. The van der Waals surface area contributed by atoms with Gasteiger partial charge in [-0.3, -0.25) is 0 Å². The lowest BCUT2D eigenvalue weighted by Gasteiger charge is -2.27. The van der Waals surface area contributed by atoms with Crippen molar-refractivity contribution >= 4 is 33.5 Å². The van der Waals surface area contributed by atoms with Gasteiger partial charge in [-0.25, -0.2) is 4.98 Å². The molecule has 0 amide bonds. The van der Waals surface area contributed by atoms with Crippen LogP contribution in [-0.2, 0) is 4.74 Å². The van der Waals surface area contributed by atoms with Gasteiger partial charge in [-0.1, -0.05) is 24.4 Å². The zero-order chi connectivity index (χ0) is 13.2. The van der Waals surface area contributed by atoms with Crippen molar-refractivity contribution < 1.29 is 4.74 Å². The minimum absolute atomic E-state index is 0.523. The van der Waals surface area contributed by atoms with Crippen molar-refractivity contribution in [3.05, 3.63) is 15.3 Å². The molecule has 0 N–H and O–H groups in total. The van der Waals surface area contributed by atoms with E-state index in [1.165, 1.54) is 25.7 Å². The molecule has 0 bridgehead atoms. The fourth-order valence-electron chi connectivity index (χ4n) is 2.80. The van der Waals surface area contributed by atoms with Crippen LogP contribution in [0.25, 0.3) is 0 Å². The number of halogens is 2. The number of hydrogen-bond donors (Lipinski definition) is 0. The van der Waals surface area contributed by atoms with Crippen LogP contribution in [0.5, 0.6) is 0 Å². The molecule has 1 aromatic rings. The maximum Gasteiger partial charge on any atom is 0.227 e. The first-order chi connectivity index (χ1) is 9.25. The predicted octanol–water partition coefficient (Wildman–Crippen LogP) is 3.39. The van der Waals surface area contributed by atoms with Crippen molar-refractivity contribution in [1.82, 2.24) is 9.97 Å². The van der Waals surface area contributed by atoms with E-state index < -0.39 is 0 Å². The highest BCUT2D eigenvalue weighted by atomic mass is 79.9. The van der Waals surface area contributed by atoms with Crippen LogP contribution in [0.1, 0.15) is 37.3 Å². The lowest BCUT2D eigenvalue weighted by atomic mass is 10.0. The Hall–Kier alpha value is -0.390. The van der Waals surface area contributed by atoms with Gasteiger partial charge in [0.05, 0.1) is 23.4 Å². The summed E-state index contributed by atoms with van der Waals surface area (Å²) in [5.41, 5.74) is 1.08. The summed E-state index contributed by atoms with van der Waals surface area (Å²) in [4.78, 5) is 11.3. The van der Waals surface area contributed by atoms with Crippen molar-refractivity contribution in [2.24, 2.45) is 0 Å². The van der Waals surface area contributed by atoms with E-state index in [4.69, 9.17) is 21.3 Å². The van der Waals surface area contributed by atoms with Crippen LogP contribution in [-0.4, -0.2) is 36.3 Å². The second-order valence-corrected chi connectivity index (χ2v) is 6.25. The number of rotatable bonds is 2. The largest absolute Gasteiger partial charge is 0.378 e. The Balaban J connectivity index is 1.92. The lowest BCUT2D eigenvalue weighted by molar-refractivity contribution is 0.122. The van der Waals surface area contributed by atoms with Crippen molar-refractivity contribution in [1.29, 1.82) is 0 Å². The van der Waals surface area contributed by atoms with Crippen LogP contribution in [0.4, 0.5) is 5.95 Å². The second kappa shape index (κ2) is 5.94. The number of aromatic nitrogens is 2. The van der Waals surface area contributed by atoms with Gasteiger partial charge < -0.3 is 9.64 Å². The molecule has 19 heavy (non-hydrogen) atoms. The number of ether oxygens (including phenoxy) is 1. The molecule has 0 aromatic carbocycles. The number of nitrogens with zero attached hydrogens (tertiary/aromatic N) is 3. The molecular weight excluding hydrogens is 330 g/mol. The van der Waals surface area contributed by atoms with E-state index >= 15 is 0 Å². The van der Waals surface area contributed by atoms with Gasteiger partial charge in [-0.15, -0.1) is 0 Å². The lowest BCUT2D eigenvalue weighted by Crippen LogP contribution is -2.37. The standard InChI is InChI=1S/C13H17BrClN3O/c14-10-11(9-3-1-2-4-9)16-13(17-12(10)15)18-5-7-19-8-6-18/h9H,1-8H2. The summed E-state index contributed by atoms with van der Waals surface area (Å²) in [6.07, 6.45) is 4.97. The molecule has 4 nitrogen and oxygen atoms in total. The van der Waals surface area contributed by atoms with E-state index in [2.05, 4.69) is 25.8 Å². The Bertz CT molecular complexity index is 459. The van der Waals surface area contributed by atoms with E-state index in [9.17, 15) is 0 Å². The van der Waals surface area contributed by atoms with Gasteiger partial charge in [0.15, 0.2) is 0 Å². The van der Waals surface area contributed by atoms with Gasteiger partial charge in [0, 0.05) is 19.0 Å². The normalized spacial score (nSPS) is 21.1. The number of morpholine rings is 1. The Labute approximate surface area is 126 Å². The summed E-state index contributed by atoms with van der Waals surface area (Å²) in [6, 6.07) is 0. The molecule has 1 saturated heterocycles. The average Bonchev–Trinajstić information content (AvgIpc) is 2.96. The third-order valence-corrected chi connectivity index (χ3v) is 5.14.